The maximum atomic E-state index is 12.5. The Hall–Kier alpha value is -2.04. The van der Waals surface area contributed by atoms with Gasteiger partial charge in [0.05, 0.1) is 19.8 Å². The van der Waals surface area contributed by atoms with E-state index in [0.29, 0.717) is 17.1 Å². The Kier molecular flexibility index (Phi) is 3.88. The zero-order valence-electron chi connectivity index (χ0n) is 8.99. The molecule has 2 N–H and O–H groups in total. The SMILES string of the molecule is COc1ccc(/C(=C/F)C(N)=O)cc1OC. The van der Waals surface area contributed by atoms with Gasteiger partial charge in [-0.15, -0.1) is 0 Å². The fourth-order valence-corrected chi connectivity index (χ4v) is 1.26. The van der Waals surface area contributed by atoms with Gasteiger partial charge >= 0.3 is 0 Å². The maximum absolute atomic E-state index is 12.5. The maximum Gasteiger partial charge on any atom is 0.251 e. The Morgan fingerprint density at radius 3 is 2.38 bits per heavy atom. The summed E-state index contributed by atoms with van der Waals surface area (Å²) in [6.07, 6.45) is 0.170. The molecular formula is C11H12FNO3. The number of benzene rings is 1. The Labute approximate surface area is 92.5 Å². The first-order valence-electron chi connectivity index (χ1n) is 4.46. The summed E-state index contributed by atoms with van der Waals surface area (Å²) >= 11 is 0. The number of primary amides is 1. The Balaban J connectivity index is 3.22. The standard InChI is InChI=1S/C11H12FNO3/c1-15-9-4-3-7(5-10(9)16-2)8(6-12)11(13)14/h3-6H,1-2H3,(H2,13,14)/b8-6-. The summed E-state index contributed by atoms with van der Waals surface area (Å²) in [5.41, 5.74) is 5.16. The van der Waals surface area contributed by atoms with Gasteiger partial charge in [-0.05, 0) is 17.7 Å². The molecule has 5 heteroatoms. The highest BCUT2D eigenvalue weighted by molar-refractivity contribution is 6.18. The average Bonchev–Trinajstić information content (AvgIpc) is 2.29. The number of carbonyl (C=O) groups is 1. The zero-order chi connectivity index (χ0) is 12.1. The lowest BCUT2D eigenvalue weighted by molar-refractivity contribution is -0.112. The Morgan fingerprint density at radius 2 is 1.94 bits per heavy atom. The molecule has 0 aromatic heterocycles. The molecule has 0 saturated heterocycles. The van der Waals surface area contributed by atoms with Crippen LogP contribution in [0.25, 0.3) is 5.57 Å². The number of halogens is 1. The molecule has 1 amide bonds. The highest BCUT2D eigenvalue weighted by Gasteiger charge is 2.12. The van der Waals surface area contributed by atoms with Crippen LogP contribution in [0.5, 0.6) is 11.5 Å². The molecule has 1 rings (SSSR count). The van der Waals surface area contributed by atoms with Gasteiger partial charge in [-0.3, -0.25) is 4.79 Å². The molecule has 1 aromatic rings. The first-order valence-corrected chi connectivity index (χ1v) is 4.46. The molecular weight excluding hydrogens is 213 g/mol. The molecule has 0 fully saturated rings. The summed E-state index contributed by atoms with van der Waals surface area (Å²) in [6, 6.07) is 4.58. The van der Waals surface area contributed by atoms with Gasteiger partial charge in [0.1, 0.15) is 6.33 Å². The number of rotatable bonds is 4. The summed E-state index contributed by atoms with van der Waals surface area (Å²) < 4.78 is 22.5. The van der Waals surface area contributed by atoms with Crippen LogP contribution in [0.1, 0.15) is 5.56 Å². The minimum Gasteiger partial charge on any atom is -0.493 e. The lowest BCUT2D eigenvalue weighted by Crippen LogP contribution is -2.12. The van der Waals surface area contributed by atoms with E-state index in [1.54, 1.807) is 6.07 Å². The van der Waals surface area contributed by atoms with Crippen LogP contribution in [0.3, 0.4) is 0 Å². The molecule has 0 spiro atoms. The van der Waals surface area contributed by atoms with Gasteiger partial charge in [0, 0.05) is 0 Å². The van der Waals surface area contributed by atoms with Crippen LogP contribution in [-0.2, 0) is 4.79 Å². The predicted octanol–water partition coefficient (Wildman–Crippen LogP) is 1.50. The minimum absolute atomic E-state index is 0.170. The first-order chi connectivity index (χ1) is 7.63. The number of methoxy groups -OCH3 is 2. The van der Waals surface area contributed by atoms with Gasteiger partial charge in [-0.1, -0.05) is 6.07 Å². The van der Waals surface area contributed by atoms with Crippen molar-refractivity contribution < 1.29 is 18.7 Å². The third kappa shape index (κ3) is 2.31. The largest absolute Gasteiger partial charge is 0.493 e. The molecule has 0 bridgehead atoms. The van der Waals surface area contributed by atoms with Crippen LogP contribution in [0.4, 0.5) is 4.39 Å². The second-order valence-corrected chi connectivity index (χ2v) is 2.96. The van der Waals surface area contributed by atoms with E-state index < -0.39 is 5.91 Å². The lowest BCUT2D eigenvalue weighted by Gasteiger charge is -2.09. The number of hydrogen-bond acceptors (Lipinski definition) is 3. The molecule has 4 nitrogen and oxygen atoms in total. The van der Waals surface area contributed by atoms with E-state index in [1.807, 2.05) is 0 Å². The first kappa shape index (κ1) is 12.0. The number of amides is 1. The van der Waals surface area contributed by atoms with E-state index in [9.17, 15) is 9.18 Å². The average molecular weight is 225 g/mol. The van der Waals surface area contributed by atoms with Gasteiger partial charge in [0.25, 0.3) is 5.91 Å². The molecule has 0 heterocycles. The van der Waals surface area contributed by atoms with Gasteiger partial charge in [-0.25, -0.2) is 4.39 Å². The normalized spacial score (nSPS) is 11.1. The topological polar surface area (TPSA) is 61.5 Å². The van der Waals surface area contributed by atoms with E-state index in [0.717, 1.165) is 0 Å². The number of nitrogens with two attached hydrogens (primary N) is 1. The second-order valence-electron chi connectivity index (χ2n) is 2.96. The van der Waals surface area contributed by atoms with Crippen LogP contribution in [-0.4, -0.2) is 20.1 Å². The van der Waals surface area contributed by atoms with Crippen molar-refractivity contribution in [3.8, 4) is 11.5 Å². The zero-order valence-corrected chi connectivity index (χ0v) is 8.99. The number of ether oxygens (including phenoxy) is 2. The molecule has 0 aliphatic rings. The van der Waals surface area contributed by atoms with Crippen molar-refractivity contribution in [2.24, 2.45) is 5.73 Å². The van der Waals surface area contributed by atoms with Crippen molar-refractivity contribution in [2.75, 3.05) is 14.2 Å². The summed E-state index contributed by atoms with van der Waals surface area (Å²) in [6.45, 7) is 0. The third-order valence-corrected chi connectivity index (χ3v) is 2.07. The Bertz CT molecular complexity index is 429. The van der Waals surface area contributed by atoms with Crippen molar-refractivity contribution in [3.63, 3.8) is 0 Å². The van der Waals surface area contributed by atoms with Gasteiger partial charge < -0.3 is 15.2 Å². The summed E-state index contributed by atoms with van der Waals surface area (Å²) in [7, 11) is 2.93. The van der Waals surface area contributed by atoms with E-state index >= 15 is 0 Å². The van der Waals surface area contributed by atoms with E-state index in [2.05, 4.69) is 0 Å². The van der Waals surface area contributed by atoms with Gasteiger partial charge in [-0.2, -0.15) is 0 Å². The smallest absolute Gasteiger partial charge is 0.251 e. The minimum atomic E-state index is -0.838. The summed E-state index contributed by atoms with van der Waals surface area (Å²) in [5.74, 6) is 0.0595. The van der Waals surface area contributed by atoms with Crippen molar-refractivity contribution in [1.82, 2.24) is 0 Å². The third-order valence-electron chi connectivity index (χ3n) is 2.07. The fraction of sp³-hybridized carbons (Fsp3) is 0.182. The van der Waals surface area contributed by atoms with Crippen molar-refractivity contribution >= 4 is 11.5 Å². The molecule has 0 unspecified atom stereocenters. The van der Waals surface area contributed by atoms with Gasteiger partial charge in [0.2, 0.25) is 0 Å². The van der Waals surface area contributed by atoms with Gasteiger partial charge in [0.15, 0.2) is 11.5 Å². The molecule has 1 aromatic carbocycles. The molecule has 0 saturated carbocycles. The van der Waals surface area contributed by atoms with Crippen LogP contribution < -0.4 is 15.2 Å². The van der Waals surface area contributed by atoms with Crippen LogP contribution >= 0.6 is 0 Å². The summed E-state index contributed by atoms with van der Waals surface area (Å²) in [5, 5.41) is 0. The quantitative estimate of drug-likeness (QED) is 0.790. The van der Waals surface area contributed by atoms with Crippen LogP contribution in [0.15, 0.2) is 24.5 Å². The van der Waals surface area contributed by atoms with Crippen molar-refractivity contribution in [2.45, 2.75) is 0 Å². The molecule has 0 aliphatic heterocycles. The van der Waals surface area contributed by atoms with Crippen molar-refractivity contribution in [1.29, 1.82) is 0 Å². The Morgan fingerprint density at radius 1 is 1.31 bits per heavy atom. The highest BCUT2D eigenvalue weighted by Crippen LogP contribution is 2.30. The molecule has 0 aliphatic carbocycles. The van der Waals surface area contributed by atoms with Crippen LogP contribution in [0.2, 0.25) is 0 Å². The number of hydrogen-bond donors (Lipinski definition) is 1. The monoisotopic (exact) mass is 225 g/mol. The molecule has 0 atom stereocenters. The van der Waals surface area contributed by atoms with Crippen molar-refractivity contribution in [3.05, 3.63) is 30.1 Å². The molecule has 16 heavy (non-hydrogen) atoms. The molecule has 0 radical (unpaired) electrons. The van der Waals surface area contributed by atoms with Crippen LogP contribution in [0, 0.1) is 0 Å². The summed E-state index contributed by atoms with van der Waals surface area (Å²) in [4.78, 5) is 10.9. The van der Waals surface area contributed by atoms with E-state index in [4.69, 9.17) is 15.2 Å². The fourth-order valence-electron chi connectivity index (χ4n) is 1.26. The highest BCUT2D eigenvalue weighted by atomic mass is 19.1. The van der Waals surface area contributed by atoms with E-state index in [-0.39, 0.29) is 11.9 Å². The molecule has 86 valence electrons. The number of carbonyl (C=O) groups excluding carboxylic acids is 1. The predicted molar refractivity (Wildman–Crippen MR) is 57.8 cm³/mol. The van der Waals surface area contributed by atoms with E-state index in [1.165, 1.54) is 26.4 Å². The lowest BCUT2D eigenvalue weighted by atomic mass is 10.1. The second kappa shape index (κ2) is 5.16.